The van der Waals surface area contributed by atoms with Crippen LogP contribution in [-0.4, -0.2) is 36.2 Å². The predicted molar refractivity (Wildman–Crippen MR) is 97.0 cm³/mol. The second-order valence-corrected chi connectivity index (χ2v) is 5.72. The number of carboxylic acids is 1. The number of carbonyl (C=O) groups excluding carboxylic acids is 1. The maximum Gasteiger partial charge on any atom is 0.326 e. The molecule has 0 aromatic heterocycles. The van der Waals surface area contributed by atoms with Gasteiger partial charge in [-0.3, -0.25) is 4.79 Å². The summed E-state index contributed by atoms with van der Waals surface area (Å²) in [6, 6.07) is 16.0. The highest BCUT2D eigenvalue weighted by Crippen LogP contribution is 2.16. The highest BCUT2D eigenvalue weighted by atomic mass is 16.5. The minimum absolute atomic E-state index is 0.152. The van der Waals surface area contributed by atoms with Gasteiger partial charge in [-0.25, -0.2) is 4.79 Å². The molecular formula is C20H23NO5. The van der Waals surface area contributed by atoms with Gasteiger partial charge in [0.15, 0.2) is 0 Å². The van der Waals surface area contributed by atoms with Crippen LogP contribution in [0.25, 0.3) is 0 Å². The summed E-state index contributed by atoms with van der Waals surface area (Å²) in [5, 5.41) is 11.8. The van der Waals surface area contributed by atoms with Crippen molar-refractivity contribution in [2.75, 3.05) is 13.2 Å². The zero-order chi connectivity index (χ0) is 18.8. The van der Waals surface area contributed by atoms with Gasteiger partial charge in [-0.2, -0.15) is 0 Å². The molecule has 2 aromatic carbocycles. The normalized spacial score (nSPS) is 11.6. The van der Waals surface area contributed by atoms with Crippen LogP contribution in [0.3, 0.4) is 0 Å². The van der Waals surface area contributed by atoms with E-state index in [1.807, 2.05) is 36.4 Å². The van der Waals surface area contributed by atoms with Crippen LogP contribution in [-0.2, 0) is 27.4 Å². The first-order valence-electron chi connectivity index (χ1n) is 8.44. The van der Waals surface area contributed by atoms with Crippen molar-refractivity contribution in [3.8, 4) is 5.75 Å². The van der Waals surface area contributed by atoms with E-state index < -0.39 is 17.9 Å². The van der Waals surface area contributed by atoms with Crippen LogP contribution >= 0.6 is 0 Å². The quantitative estimate of drug-likeness (QED) is 0.682. The summed E-state index contributed by atoms with van der Waals surface area (Å²) in [5.74, 6) is -0.891. The molecule has 0 saturated carbocycles. The van der Waals surface area contributed by atoms with Crippen LogP contribution in [0, 0.1) is 0 Å². The standard InChI is InChI=1S/C20H23NO5/c1-2-25-14-19(22)21-18(20(23)24)12-16-9-6-10-17(11-16)26-13-15-7-4-3-5-8-15/h3-11,18H,2,12-14H2,1H3,(H,21,22)(H,23,24)/t18-/m1/s1. The van der Waals surface area contributed by atoms with Crippen molar-refractivity contribution < 1.29 is 24.2 Å². The average molecular weight is 357 g/mol. The number of hydrogen-bond donors (Lipinski definition) is 2. The minimum atomic E-state index is -1.09. The molecule has 6 heteroatoms. The Kier molecular flexibility index (Phi) is 7.64. The van der Waals surface area contributed by atoms with Gasteiger partial charge in [0.25, 0.3) is 0 Å². The molecule has 1 amide bonds. The maximum atomic E-state index is 11.7. The first-order valence-corrected chi connectivity index (χ1v) is 8.44. The summed E-state index contributed by atoms with van der Waals surface area (Å²) < 4.78 is 10.7. The zero-order valence-corrected chi connectivity index (χ0v) is 14.7. The van der Waals surface area contributed by atoms with E-state index in [0.717, 1.165) is 11.1 Å². The molecule has 2 rings (SSSR count). The second-order valence-electron chi connectivity index (χ2n) is 5.72. The Morgan fingerprint density at radius 2 is 1.81 bits per heavy atom. The summed E-state index contributed by atoms with van der Waals surface area (Å²) in [6.45, 7) is 2.44. The number of rotatable bonds is 10. The van der Waals surface area contributed by atoms with E-state index in [1.165, 1.54) is 0 Å². The Labute approximate surface area is 152 Å². The summed E-state index contributed by atoms with van der Waals surface area (Å²) in [7, 11) is 0. The molecule has 138 valence electrons. The van der Waals surface area contributed by atoms with Crippen molar-refractivity contribution in [2.24, 2.45) is 0 Å². The maximum absolute atomic E-state index is 11.7. The van der Waals surface area contributed by atoms with Crippen molar-refractivity contribution in [3.05, 3.63) is 65.7 Å². The first-order chi connectivity index (χ1) is 12.6. The average Bonchev–Trinajstić information content (AvgIpc) is 2.65. The lowest BCUT2D eigenvalue weighted by Gasteiger charge is -2.15. The highest BCUT2D eigenvalue weighted by Gasteiger charge is 2.20. The molecule has 6 nitrogen and oxygen atoms in total. The van der Waals surface area contributed by atoms with Crippen LogP contribution in [0.2, 0.25) is 0 Å². The Morgan fingerprint density at radius 3 is 2.50 bits per heavy atom. The van der Waals surface area contributed by atoms with Gasteiger partial charge in [-0.05, 0) is 30.2 Å². The molecule has 0 heterocycles. The van der Waals surface area contributed by atoms with Gasteiger partial charge in [0, 0.05) is 13.0 Å². The van der Waals surface area contributed by atoms with E-state index in [1.54, 1.807) is 25.1 Å². The molecule has 2 aromatic rings. The first kappa shape index (κ1) is 19.5. The van der Waals surface area contributed by atoms with Gasteiger partial charge in [0.05, 0.1) is 0 Å². The van der Waals surface area contributed by atoms with Gasteiger partial charge in [0.1, 0.15) is 25.0 Å². The van der Waals surface area contributed by atoms with Gasteiger partial charge in [-0.1, -0.05) is 42.5 Å². The fraction of sp³-hybridized carbons (Fsp3) is 0.300. The molecule has 0 aliphatic rings. The fourth-order valence-corrected chi connectivity index (χ4v) is 2.37. The van der Waals surface area contributed by atoms with Gasteiger partial charge < -0.3 is 19.9 Å². The van der Waals surface area contributed by atoms with Gasteiger partial charge in [0.2, 0.25) is 5.91 Å². The third kappa shape index (κ3) is 6.57. The van der Waals surface area contributed by atoms with Crippen molar-refractivity contribution in [1.29, 1.82) is 0 Å². The molecule has 0 saturated heterocycles. The zero-order valence-electron chi connectivity index (χ0n) is 14.7. The Balaban J connectivity index is 1.96. The highest BCUT2D eigenvalue weighted by molar-refractivity contribution is 5.84. The molecule has 0 aliphatic carbocycles. The molecule has 0 spiro atoms. The van der Waals surface area contributed by atoms with Gasteiger partial charge >= 0.3 is 5.97 Å². The smallest absolute Gasteiger partial charge is 0.326 e. The monoisotopic (exact) mass is 357 g/mol. The number of hydrogen-bond acceptors (Lipinski definition) is 4. The summed E-state index contributed by atoms with van der Waals surface area (Å²) in [5.41, 5.74) is 1.81. The number of nitrogens with one attached hydrogen (secondary N) is 1. The lowest BCUT2D eigenvalue weighted by molar-refractivity contribution is -0.142. The third-order valence-corrected chi connectivity index (χ3v) is 3.66. The van der Waals surface area contributed by atoms with Crippen molar-refractivity contribution in [3.63, 3.8) is 0 Å². The lowest BCUT2D eigenvalue weighted by atomic mass is 10.1. The second kappa shape index (κ2) is 10.2. The minimum Gasteiger partial charge on any atom is -0.489 e. The van der Waals surface area contributed by atoms with E-state index in [9.17, 15) is 14.7 Å². The molecule has 0 unspecified atom stereocenters. The number of benzene rings is 2. The number of ether oxygens (including phenoxy) is 2. The van der Waals surface area contributed by atoms with Crippen LogP contribution in [0.1, 0.15) is 18.1 Å². The summed E-state index contributed by atoms with van der Waals surface area (Å²) >= 11 is 0. The molecule has 26 heavy (non-hydrogen) atoms. The van der Waals surface area contributed by atoms with E-state index in [2.05, 4.69) is 5.32 Å². The molecule has 0 bridgehead atoms. The Bertz CT molecular complexity index is 717. The Hall–Kier alpha value is -2.86. The summed E-state index contributed by atoms with van der Waals surface area (Å²) in [4.78, 5) is 23.1. The van der Waals surface area contributed by atoms with E-state index in [-0.39, 0.29) is 13.0 Å². The van der Waals surface area contributed by atoms with E-state index >= 15 is 0 Å². The van der Waals surface area contributed by atoms with Crippen LogP contribution in [0.15, 0.2) is 54.6 Å². The molecule has 2 N–H and O–H groups in total. The number of amides is 1. The molecule has 1 atom stereocenters. The van der Waals surface area contributed by atoms with Crippen LogP contribution < -0.4 is 10.1 Å². The van der Waals surface area contributed by atoms with Gasteiger partial charge in [-0.15, -0.1) is 0 Å². The molecule has 0 fully saturated rings. The molecular weight excluding hydrogens is 334 g/mol. The van der Waals surface area contributed by atoms with Crippen molar-refractivity contribution >= 4 is 11.9 Å². The number of carbonyl (C=O) groups is 2. The van der Waals surface area contributed by atoms with Crippen molar-refractivity contribution in [1.82, 2.24) is 5.32 Å². The van der Waals surface area contributed by atoms with E-state index in [0.29, 0.717) is 19.0 Å². The number of carboxylic acid groups (broad SMARTS) is 1. The lowest BCUT2D eigenvalue weighted by Crippen LogP contribution is -2.43. The number of aliphatic carboxylic acids is 1. The molecule has 0 aliphatic heterocycles. The Morgan fingerprint density at radius 1 is 1.08 bits per heavy atom. The fourth-order valence-electron chi connectivity index (χ4n) is 2.37. The largest absolute Gasteiger partial charge is 0.489 e. The molecule has 0 radical (unpaired) electrons. The van der Waals surface area contributed by atoms with Crippen LogP contribution in [0.5, 0.6) is 5.75 Å². The van der Waals surface area contributed by atoms with Crippen molar-refractivity contribution in [2.45, 2.75) is 26.0 Å². The summed E-state index contributed by atoms with van der Waals surface area (Å²) in [6.07, 6.45) is 0.162. The SMILES string of the molecule is CCOCC(=O)N[C@H](Cc1cccc(OCc2ccccc2)c1)C(=O)O. The topological polar surface area (TPSA) is 84.9 Å². The third-order valence-electron chi connectivity index (χ3n) is 3.66. The van der Waals surface area contributed by atoms with E-state index in [4.69, 9.17) is 9.47 Å². The predicted octanol–water partition coefficient (Wildman–Crippen LogP) is 2.41. The van der Waals surface area contributed by atoms with Crippen LogP contribution in [0.4, 0.5) is 0 Å².